The summed E-state index contributed by atoms with van der Waals surface area (Å²) >= 11 is 0. The van der Waals surface area contributed by atoms with Gasteiger partial charge in [0, 0.05) is 0 Å². The molecular weight excluding hydrogens is 304 g/mol. The van der Waals surface area contributed by atoms with Crippen LogP contribution < -0.4 is 9.47 Å². The summed E-state index contributed by atoms with van der Waals surface area (Å²) in [7, 11) is 3.31. The molecule has 0 aromatic heterocycles. The predicted octanol–water partition coefficient (Wildman–Crippen LogP) is 3.46. The zero-order chi connectivity index (χ0) is 16.9. The Balaban J connectivity index is 1.68. The van der Waals surface area contributed by atoms with Gasteiger partial charge in [0.25, 0.3) is 0 Å². The molecule has 0 saturated carbocycles. The van der Waals surface area contributed by atoms with Crippen LogP contribution in [0.1, 0.15) is 11.1 Å². The van der Waals surface area contributed by atoms with Crippen LogP contribution in [0.3, 0.4) is 0 Å². The van der Waals surface area contributed by atoms with Gasteiger partial charge in [0.2, 0.25) is 0 Å². The first-order valence-corrected chi connectivity index (χ1v) is 8.26. The Hall–Kier alpha value is -2.20. The number of ether oxygens (including phenoxy) is 3. The van der Waals surface area contributed by atoms with Gasteiger partial charge in [-0.15, -0.1) is 0 Å². The van der Waals surface area contributed by atoms with Crippen molar-refractivity contribution in [3.8, 4) is 17.2 Å². The first kappa shape index (κ1) is 16.7. The van der Waals surface area contributed by atoms with E-state index >= 15 is 0 Å². The lowest BCUT2D eigenvalue weighted by Crippen LogP contribution is -2.17. The SMILES string of the molecule is COc1ccc(C[C@@H]2COC[C@H]2Cc2ccc(O)cc2)cc1OC. The van der Waals surface area contributed by atoms with Gasteiger partial charge in [0.1, 0.15) is 5.75 Å². The van der Waals surface area contributed by atoms with E-state index in [4.69, 9.17) is 14.2 Å². The van der Waals surface area contributed by atoms with Crippen molar-refractivity contribution < 1.29 is 19.3 Å². The van der Waals surface area contributed by atoms with Gasteiger partial charge in [-0.05, 0) is 60.1 Å². The number of benzene rings is 2. The van der Waals surface area contributed by atoms with Crippen molar-refractivity contribution in [1.82, 2.24) is 0 Å². The minimum atomic E-state index is 0.309. The number of aromatic hydroxyl groups is 1. The van der Waals surface area contributed by atoms with E-state index in [1.54, 1.807) is 26.4 Å². The van der Waals surface area contributed by atoms with Crippen LogP contribution >= 0.6 is 0 Å². The largest absolute Gasteiger partial charge is 0.508 e. The fraction of sp³-hybridized carbons (Fsp3) is 0.400. The van der Waals surface area contributed by atoms with Crippen molar-refractivity contribution in [3.05, 3.63) is 53.6 Å². The lowest BCUT2D eigenvalue weighted by atomic mass is 9.85. The molecule has 24 heavy (non-hydrogen) atoms. The molecule has 1 N–H and O–H groups in total. The van der Waals surface area contributed by atoms with Gasteiger partial charge >= 0.3 is 0 Å². The molecule has 0 bridgehead atoms. The Morgan fingerprint density at radius 1 is 0.875 bits per heavy atom. The number of phenolic OH excluding ortho intramolecular Hbond substituents is 1. The summed E-state index contributed by atoms with van der Waals surface area (Å²) in [6.45, 7) is 1.58. The average molecular weight is 328 g/mol. The molecule has 0 spiro atoms. The minimum Gasteiger partial charge on any atom is -0.508 e. The van der Waals surface area contributed by atoms with Crippen molar-refractivity contribution in [3.63, 3.8) is 0 Å². The fourth-order valence-electron chi connectivity index (χ4n) is 3.34. The first-order chi connectivity index (χ1) is 11.7. The average Bonchev–Trinajstić information content (AvgIpc) is 3.03. The predicted molar refractivity (Wildman–Crippen MR) is 92.9 cm³/mol. The smallest absolute Gasteiger partial charge is 0.160 e. The fourth-order valence-corrected chi connectivity index (χ4v) is 3.34. The van der Waals surface area contributed by atoms with Crippen molar-refractivity contribution in [2.24, 2.45) is 11.8 Å². The summed E-state index contributed by atoms with van der Waals surface area (Å²) in [6, 6.07) is 13.6. The Kier molecular flexibility index (Phi) is 5.26. The van der Waals surface area contributed by atoms with E-state index in [0.29, 0.717) is 17.6 Å². The minimum absolute atomic E-state index is 0.309. The van der Waals surface area contributed by atoms with Crippen molar-refractivity contribution in [2.45, 2.75) is 12.8 Å². The van der Waals surface area contributed by atoms with Gasteiger partial charge in [-0.2, -0.15) is 0 Å². The molecule has 1 aliphatic rings. The molecular formula is C20H24O4. The Morgan fingerprint density at radius 2 is 1.46 bits per heavy atom. The third-order valence-corrected chi connectivity index (χ3v) is 4.71. The highest BCUT2D eigenvalue weighted by molar-refractivity contribution is 5.43. The second kappa shape index (κ2) is 7.58. The Bertz CT molecular complexity index is 666. The maximum Gasteiger partial charge on any atom is 0.160 e. The summed E-state index contributed by atoms with van der Waals surface area (Å²) in [6.07, 6.45) is 1.93. The third kappa shape index (κ3) is 3.82. The summed E-state index contributed by atoms with van der Waals surface area (Å²) in [5.74, 6) is 2.80. The van der Waals surface area contributed by atoms with Crippen LogP contribution in [0.2, 0.25) is 0 Å². The zero-order valence-electron chi connectivity index (χ0n) is 14.2. The molecule has 3 rings (SSSR count). The maximum absolute atomic E-state index is 9.41. The second-order valence-electron chi connectivity index (χ2n) is 6.32. The molecule has 0 amide bonds. The number of hydrogen-bond acceptors (Lipinski definition) is 4. The Morgan fingerprint density at radius 3 is 2.08 bits per heavy atom. The standard InChI is InChI=1S/C20H24O4/c1-22-19-8-5-15(11-20(19)23-2)10-17-13-24-12-16(17)9-14-3-6-18(21)7-4-14/h3-8,11,16-17,21H,9-10,12-13H2,1-2H3/t16-,17-/m1/s1. The van der Waals surface area contributed by atoms with E-state index in [0.717, 1.165) is 37.6 Å². The molecule has 1 saturated heterocycles. The molecule has 4 heteroatoms. The van der Waals surface area contributed by atoms with Crippen molar-refractivity contribution in [2.75, 3.05) is 27.4 Å². The molecule has 4 nitrogen and oxygen atoms in total. The maximum atomic E-state index is 9.41. The Labute approximate surface area is 143 Å². The summed E-state index contributed by atoms with van der Waals surface area (Å²) in [5.41, 5.74) is 2.47. The lowest BCUT2D eigenvalue weighted by molar-refractivity contribution is 0.180. The van der Waals surface area contributed by atoms with Crippen LogP contribution in [0.4, 0.5) is 0 Å². The van der Waals surface area contributed by atoms with E-state index in [2.05, 4.69) is 12.1 Å². The number of hydrogen-bond donors (Lipinski definition) is 1. The number of phenols is 1. The van der Waals surface area contributed by atoms with Crippen molar-refractivity contribution >= 4 is 0 Å². The van der Waals surface area contributed by atoms with Crippen molar-refractivity contribution in [1.29, 1.82) is 0 Å². The molecule has 1 fully saturated rings. The lowest BCUT2D eigenvalue weighted by Gasteiger charge is -2.18. The third-order valence-electron chi connectivity index (χ3n) is 4.71. The van der Waals surface area contributed by atoms with Crippen LogP contribution in [0.25, 0.3) is 0 Å². The molecule has 0 radical (unpaired) electrons. The highest BCUT2D eigenvalue weighted by Gasteiger charge is 2.28. The van der Waals surface area contributed by atoms with E-state index < -0.39 is 0 Å². The summed E-state index contributed by atoms with van der Waals surface area (Å²) in [4.78, 5) is 0. The van der Waals surface area contributed by atoms with Crippen LogP contribution in [-0.2, 0) is 17.6 Å². The monoisotopic (exact) mass is 328 g/mol. The molecule has 128 valence electrons. The number of rotatable bonds is 6. The van der Waals surface area contributed by atoms with Crippen LogP contribution in [0.15, 0.2) is 42.5 Å². The van der Waals surface area contributed by atoms with E-state index in [-0.39, 0.29) is 0 Å². The summed E-state index contributed by atoms with van der Waals surface area (Å²) in [5, 5.41) is 9.41. The molecule has 2 atom stereocenters. The normalized spacial score (nSPS) is 20.1. The quantitative estimate of drug-likeness (QED) is 0.882. The molecule has 1 aliphatic heterocycles. The molecule has 2 aromatic rings. The van der Waals surface area contributed by atoms with Gasteiger partial charge in [0.05, 0.1) is 27.4 Å². The highest BCUT2D eigenvalue weighted by Crippen LogP contribution is 2.32. The van der Waals surface area contributed by atoms with Crippen LogP contribution in [-0.4, -0.2) is 32.5 Å². The van der Waals surface area contributed by atoms with Crippen LogP contribution in [0, 0.1) is 11.8 Å². The van der Waals surface area contributed by atoms with E-state index in [9.17, 15) is 5.11 Å². The topological polar surface area (TPSA) is 47.9 Å². The molecule has 0 aliphatic carbocycles. The van der Waals surface area contributed by atoms with Gasteiger partial charge < -0.3 is 19.3 Å². The van der Waals surface area contributed by atoms with E-state index in [1.807, 2.05) is 18.2 Å². The highest BCUT2D eigenvalue weighted by atomic mass is 16.5. The van der Waals surface area contributed by atoms with Gasteiger partial charge in [-0.3, -0.25) is 0 Å². The molecule has 1 heterocycles. The first-order valence-electron chi connectivity index (χ1n) is 8.26. The summed E-state index contributed by atoms with van der Waals surface area (Å²) < 4.78 is 16.4. The molecule has 0 unspecified atom stereocenters. The second-order valence-corrected chi connectivity index (χ2v) is 6.32. The van der Waals surface area contributed by atoms with Gasteiger partial charge in [0.15, 0.2) is 11.5 Å². The van der Waals surface area contributed by atoms with E-state index in [1.165, 1.54) is 11.1 Å². The number of methoxy groups -OCH3 is 2. The van der Waals surface area contributed by atoms with Gasteiger partial charge in [-0.25, -0.2) is 0 Å². The zero-order valence-corrected chi connectivity index (χ0v) is 14.2. The van der Waals surface area contributed by atoms with Gasteiger partial charge in [-0.1, -0.05) is 18.2 Å². The molecule has 2 aromatic carbocycles. The van der Waals surface area contributed by atoms with Crippen LogP contribution in [0.5, 0.6) is 17.2 Å².